The van der Waals surface area contributed by atoms with Gasteiger partial charge in [-0.3, -0.25) is 5.32 Å². The van der Waals surface area contributed by atoms with Gasteiger partial charge in [-0.05, 0) is 25.8 Å². The first-order valence-corrected chi connectivity index (χ1v) is 5.55. The minimum Gasteiger partial charge on any atom is -0.396 e. The lowest BCUT2D eigenvalue weighted by atomic mass is 9.78. The quantitative estimate of drug-likeness (QED) is 0.340. The Labute approximate surface area is 90.6 Å². The second-order valence-corrected chi connectivity index (χ2v) is 4.11. The Bertz CT molecular complexity index is 172. The zero-order valence-electron chi connectivity index (χ0n) is 9.11. The fourth-order valence-electron chi connectivity index (χ4n) is 1.90. The highest BCUT2D eigenvalue weighted by molar-refractivity contribution is 4.88. The molecular weight excluding hydrogens is 196 g/mol. The van der Waals surface area contributed by atoms with Crippen LogP contribution in [0.5, 0.6) is 0 Å². The van der Waals surface area contributed by atoms with Gasteiger partial charge in [-0.1, -0.05) is 0 Å². The van der Waals surface area contributed by atoms with Crippen molar-refractivity contribution in [1.29, 1.82) is 0 Å². The maximum atomic E-state index is 10.0. The molecule has 1 aliphatic rings. The highest BCUT2D eigenvalue weighted by atomic mass is 16.5. The molecule has 15 heavy (non-hydrogen) atoms. The van der Waals surface area contributed by atoms with E-state index in [1.54, 1.807) is 0 Å². The first-order valence-electron chi connectivity index (χ1n) is 5.55. The van der Waals surface area contributed by atoms with Crippen molar-refractivity contribution in [2.45, 2.75) is 25.5 Å². The molecule has 0 saturated carbocycles. The molecule has 1 saturated heterocycles. The molecule has 0 bridgehead atoms. The summed E-state index contributed by atoms with van der Waals surface area (Å²) in [6.07, 6.45) is 1.62. The van der Waals surface area contributed by atoms with E-state index >= 15 is 0 Å². The number of nitrogens with two attached hydrogens (primary N) is 1. The third-order valence-electron chi connectivity index (χ3n) is 3.15. The van der Waals surface area contributed by atoms with Crippen LogP contribution in [0.1, 0.15) is 19.3 Å². The smallest absolute Gasteiger partial charge is 0.111 e. The van der Waals surface area contributed by atoms with Crippen LogP contribution in [-0.2, 0) is 4.74 Å². The number of ether oxygens (including phenoxy) is 1. The van der Waals surface area contributed by atoms with E-state index in [-0.39, 0.29) is 12.0 Å². The molecule has 1 aliphatic heterocycles. The van der Waals surface area contributed by atoms with Gasteiger partial charge >= 0.3 is 0 Å². The molecule has 0 aromatic heterocycles. The van der Waals surface area contributed by atoms with Crippen LogP contribution in [-0.4, -0.2) is 49.4 Å². The van der Waals surface area contributed by atoms with Crippen molar-refractivity contribution in [2.24, 2.45) is 11.1 Å². The first kappa shape index (κ1) is 12.9. The van der Waals surface area contributed by atoms with Crippen molar-refractivity contribution in [3.63, 3.8) is 0 Å². The molecule has 5 nitrogen and oxygen atoms in total. The van der Waals surface area contributed by atoms with Crippen LogP contribution in [0.3, 0.4) is 0 Å². The molecule has 5 N–H and O–H groups in total. The molecule has 90 valence electrons. The Kier molecular flexibility index (Phi) is 5.49. The molecule has 0 aromatic rings. The van der Waals surface area contributed by atoms with Crippen molar-refractivity contribution in [3.05, 3.63) is 0 Å². The average Bonchev–Trinajstić information content (AvgIpc) is 2.30. The molecule has 1 fully saturated rings. The van der Waals surface area contributed by atoms with Crippen molar-refractivity contribution in [3.8, 4) is 0 Å². The predicted molar refractivity (Wildman–Crippen MR) is 57.3 cm³/mol. The lowest BCUT2D eigenvalue weighted by Gasteiger charge is -2.40. The number of hydrogen-bond donors (Lipinski definition) is 4. The monoisotopic (exact) mass is 218 g/mol. The zero-order valence-corrected chi connectivity index (χ0v) is 9.11. The summed E-state index contributed by atoms with van der Waals surface area (Å²) in [5.41, 5.74) is 5.48. The number of nitrogens with one attached hydrogen (secondary N) is 1. The summed E-state index contributed by atoms with van der Waals surface area (Å²) in [6, 6.07) is 0. The summed E-state index contributed by atoms with van der Waals surface area (Å²) in [5, 5.41) is 21.7. The van der Waals surface area contributed by atoms with Crippen LogP contribution < -0.4 is 11.1 Å². The van der Waals surface area contributed by atoms with E-state index in [4.69, 9.17) is 15.6 Å². The Hall–Kier alpha value is -0.200. The third-order valence-corrected chi connectivity index (χ3v) is 3.15. The highest BCUT2D eigenvalue weighted by Crippen LogP contribution is 2.31. The Morgan fingerprint density at radius 2 is 2.07 bits per heavy atom. The van der Waals surface area contributed by atoms with Crippen LogP contribution >= 0.6 is 0 Å². The third kappa shape index (κ3) is 3.39. The molecule has 0 aliphatic carbocycles. The van der Waals surface area contributed by atoms with E-state index in [1.165, 1.54) is 0 Å². The molecule has 0 spiro atoms. The van der Waals surface area contributed by atoms with E-state index in [2.05, 4.69) is 5.32 Å². The maximum absolute atomic E-state index is 10.0. The summed E-state index contributed by atoms with van der Waals surface area (Å²) >= 11 is 0. The summed E-state index contributed by atoms with van der Waals surface area (Å²) < 4.78 is 5.27. The van der Waals surface area contributed by atoms with E-state index < -0.39 is 6.23 Å². The van der Waals surface area contributed by atoms with E-state index in [0.29, 0.717) is 32.7 Å². The topological polar surface area (TPSA) is 87.7 Å². The molecule has 1 unspecified atom stereocenters. The Balaban J connectivity index is 2.40. The van der Waals surface area contributed by atoms with Gasteiger partial charge in [-0.2, -0.15) is 0 Å². The molecule has 0 aromatic carbocycles. The minimum atomic E-state index is -0.599. The number of rotatable bonds is 6. The largest absolute Gasteiger partial charge is 0.396 e. The molecule has 1 heterocycles. The summed E-state index contributed by atoms with van der Waals surface area (Å²) in [7, 11) is 0. The van der Waals surface area contributed by atoms with Gasteiger partial charge in [0, 0.05) is 31.8 Å². The van der Waals surface area contributed by atoms with Crippen molar-refractivity contribution >= 4 is 0 Å². The van der Waals surface area contributed by atoms with Crippen molar-refractivity contribution in [2.75, 3.05) is 32.9 Å². The van der Waals surface area contributed by atoms with Crippen molar-refractivity contribution in [1.82, 2.24) is 5.32 Å². The van der Waals surface area contributed by atoms with Crippen LogP contribution in [0.4, 0.5) is 0 Å². The molecule has 5 heteroatoms. The molecule has 0 amide bonds. The summed E-state index contributed by atoms with van der Waals surface area (Å²) in [6.45, 7) is 2.54. The van der Waals surface area contributed by atoms with Crippen LogP contribution in [0, 0.1) is 5.41 Å². The maximum Gasteiger partial charge on any atom is 0.111 e. The lowest BCUT2D eigenvalue weighted by Crippen LogP contribution is -2.52. The van der Waals surface area contributed by atoms with Gasteiger partial charge in [0.15, 0.2) is 0 Å². The van der Waals surface area contributed by atoms with Gasteiger partial charge in [0.25, 0.3) is 0 Å². The van der Waals surface area contributed by atoms with Crippen LogP contribution in [0.25, 0.3) is 0 Å². The van der Waals surface area contributed by atoms with E-state index in [9.17, 15) is 5.11 Å². The minimum absolute atomic E-state index is 0.137. The highest BCUT2D eigenvalue weighted by Gasteiger charge is 2.37. The summed E-state index contributed by atoms with van der Waals surface area (Å²) in [5.74, 6) is 0. The average molecular weight is 218 g/mol. The second kappa shape index (κ2) is 6.40. The fraction of sp³-hybridized carbons (Fsp3) is 1.00. The predicted octanol–water partition coefficient (Wildman–Crippen LogP) is -0.968. The number of hydrogen-bond acceptors (Lipinski definition) is 5. The Morgan fingerprint density at radius 3 is 2.60 bits per heavy atom. The normalized spacial score (nSPS) is 22.6. The SMILES string of the molecule is NCC1(C(O)NCCCO)CCOCC1. The van der Waals surface area contributed by atoms with Gasteiger partial charge in [-0.25, -0.2) is 0 Å². The van der Waals surface area contributed by atoms with Gasteiger partial charge in [0.2, 0.25) is 0 Å². The number of aliphatic hydroxyl groups is 2. The lowest BCUT2D eigenvalue weighted by molar-refractivity contribution is -0.0701. The molecule has 1 rings (SSSR count). The van der Waals surface area contributed by atoms with Crippen molar-refractivity contribution < 1.29 is 14.9 Å². The van der Waals surface area contributed by atoms with E-state index in [0.717, 1.165) is 12.8 Å². The second-order valence-electron chi connectivity index (χ2n) is 4.11. The summed E-state index contributed by atoms with van der Waals surface area (Å²) in [4.78, 5) is 0. The number of aliphatic hydroxyl groups excluding tert-OH is 2. The first-order chi connectivity index (χ1) is 7.25. The standard InChI is InChI=1S/C10H22N2O3/c11-8-10(2-6-15-7-3-10)9(14)12-4-1-5-13/h9,12-14H,1-8,11H2. The van der Waals surface area contributed by atoms with Crippen LogP contribution in [0.2, 0.25) is 0 Å². The Morgan fingerprint density at radius 1 is 1.40 bits per heavy atom. The van der Waals surface area contributed by atoms with Gasteiger partial charge in [0.1, 0.15) is 6.23 Å². The van der Waals surface area contributed by atoms with E-state index in [1.807, 2.05) is 0 Å². The molecule has 1 atom stereocenters. The van der Waals surface area contributed by atoms with Gasteiger partial charge in [-0.15, -0.1) is 0 Å². The van der Waals surface area contributed by atoms with Crippen LogP contribution in [0.15, 0.2) is 0 Å². The fourth-order valence-corrected chi connectivity index (χ4v) is 1.90. The zero-order chi connectivity index (χ0) is 11.1. The van der Waals surface area contributed by atoms with Gasteiger partial charge < -0.3 is 20.7 Å². The van der Waals surface area contributed by atoms with Gasteiger partial charge in [0.05, 0.1) is 0 Å². The molecular formula is C10H22N2O3. The molecule has 0 radical (unpaired) electrons.